The normalized spacial score (nSPS) is 20.2. The van der Waals surface area contributed by atoms with Gasteiger partial charge in [-0.25, -0.2) is 8.42 Å². The summed E-state index contributed by atoms with van der Waals surface area (Å²) in [7, 11) is -1.50. The molecule has 8 heteroatoms. The predicted octanol–water partition coefficient (Wildman–Crippen LogP) is 2.17. The van der Waals surface area contributed by atoms with E-state index in [1.165, 1.54) is 19.2 Å². The third kappa shape index (κ3) is 4.02. The maximum Gasteiger partial charge on any atom is 0.251 e. The summed E-state index contributed by atoms with van der Waals surface area (Å²) in [6, 6.07) is 2.93. The van der Waals surface area contributed by atoms with E-state index >= 15 is 0 Å². The van der Waals surface area contributed by atoms with Crippen LogP contribution in [-0.2, 0) is 9.84 Å². The molecule has 1 N–H and O–H groups in total. The molecule has 1 unspecified atom stereocenters. The quantitative estimate of drug-likeness (QED) is 0.902. The zero-order valence-corrected chi connectivity index (χ0v) is 13.7. The Labute approximate surface area is 133 Å². The van der Waals surface area contributed by atoms with Crippen LogP contribution >= 0.6 is 23.2 Å². The van der Waals surface area contributed by atoms with E-state index in [0.717, 1.165) is 0 Å². The molecule has 1 aliphatic rings. The molecule has 21 heavy (non-hydrogen) atoms. The molecule has 0 aromatic heterocycles. The van der Waals surface area contributed by atoms with Gasteiger partial charge in [-0.1, -0.05) is 23.2 Å². The summed E-state index contributed by atoms with van der Waals surface area (Å²) in [4.78, 5) is 12.0. The summed E-state index contributed by atoms with van der Waals surface area (Å²) >= 11 is 11.9. The SMILES string of the molecule is COc1c(Cl)cc(C(=O)NCC2CCS(=O)(=O)C2)cc1Cl. The Morgan fingerprint density at radius 3 is 2.48 bits per heavy atom. The lowest BCUT2D eigenvalue weighted by atomic mass is 10.1. The van der Waals surface area contributed by atoms with Gasteiger partial charge in [0, 0.05) is 12.1 Å². The van der Waals surface area contributed by atoms with Gasteiger partial charge in [-0.15, -0.1) is 0 Å². The number of nitrogens with one attached hydrogen (secondary N) is 1. The number of methoxy groups -OCH3 is 1. The van der Waals surface area contributed by atoms with Crippen molar-refractivity contribution in [1.82, 2.24) is 5.32 Å². The fourth-order valence-corrected chi connectivity index (χ4v) is 4.76. The van der Waals surface area contributed by atoms with Crippen LogP contribution in [0.15, 0.2) is 12.1 Å². The summed E-state index contributed by atoms with van der Waals surface area (Å²) in [5, 5.41) is 3.21. The first kappa shape index (κ1) is 16.4. The third-order valence-corrected chi connectivity index (χ3v) is 5.74. The van der Waals surface area contributed by atoms with Crippen LogP contribution in [0.1, 0.15) is 16.8 Å². The van der Waals surface area contributed by atoms with Crippen molar-refractivity contribution in [3.63, 3.8) is 0 Å². The van der Waals surface area contributed by atoms with Crippen molar-refractivity contribution < 1.29 is 17.9 Å². The van der Waals surface area contributed by atoms with Crippen LogP contribution in [0, 0.1) is 5.92 Å². The number of ether oxygens (including phenoxy) is 1. The largest absolute Gasteiger partial charge is 0.494 e. The van der Waals surface area contributed by atoms with Gasteiger partial charge in [0.25, 0.3) is 5.91 Å². The van der Waals surface area contributed by atoms with Gasteiger partial charge in [-0.2, -0.15) is 0 Å². The number of carbonyl (C=O) groups excluding carboxylic acids is 1. The van der Waals surface area contributed by atoms with E-state index in [4.69, 9.17) is 27.9 Å². The minimum Gasteiger partial charge on any atom is -0.494 e. The maximum absolute atomic E-state index is 12.0. The van der Waals surface area contributed by atoms with E-state index in [0.29, 0.717) is 24.3 Å². The molecule has 1 saturated heterocycles. The van der Waals surface area contributed by atoms with Gasteiger partial charge in [-0.3, -0.25) is 4.79 Å². The van der Waals surface area contributed by atoms with Crippen molar-refractivity contribution in [3.05, 3.63) is 27.7 Å². The highest BCUT2D eigenvalue weighted by atomic mass is 35.5. The average molecular weight is 352 g/mol. The van der Waals surface area contributed by atoms with Crippen LogP contribution in [-0.4, -0.2) is 39.5 Å². The van der Waals surface area contributed by atoms with Crippen LogP contribution < -0.4 is 10.1 Å². The number of hydrogen-bond donors (Lipinski definition) is 1. The molecule has 116 valence electrons. The first-order chi connectivity index (χ1) is 9.82. The number of sulfone groups is 1. The summed E-state index contributed by atoms with van der Waals surface area (Å²) in [5.74, 6) is 0.246. The molecule has 1 atom stereocenters. The van der Waals surface area contributed by atoms with Gasteiger partial charge in [0.05, 0.1) is 28.7 Å². The number of halogens is 2. The third-order valence-electron chi connectivity index (χ3n) is 3.34. The lowest BCUT2D eigenvalue weighted by Gasteiger charge is -2.11. The lowest BCUT2D eigenvalue weighted by molar-refractivity contribution is 0.0948. The van der Waals surface area contributed by atoms with Crippen LogP contribution in [0.5, 0.6) is 5.75 Å². The van der Waals surface area contributed by atoms with Crippen LogP contribution in [0.4, 0.5) is 0 Å². The maximum atomic E-state index is 12.0. The second-order valence-electron chi connectivity index (χ2n) is 4.95. The monoisotopic (exact) mass is 351 g/mol. The second kappa shape index (κ2) is 6.42. The Balaban J connectivity index is 2.01. The van der Waals surface area contributed by atoms with Crippen molar-refractivity contribution >= 4 is 38.9 Å². The number of carbonyl (C=O) groups is 1. The van der Waals surface area contributed by atoms with Gasteiger partial charge in [0.1, 0.15) is 0 Å². The van der Waals surface area contributed by atoms with Crippen molar-refractivity contribution in [2.24, 2.45) is 5.92 Å². The highest BCUT2D eigenvalue weighted by Crippen LogP contribution is 2.33. The Kier molecular flexibility index (Phi) is 5.01. The minimum atomic E-state index is -2.94. The predicted molar refractivity (Wildman–Crippen MR) is 82.1 cm³/mol. The number of rotatable bonds is 4. The molecule has 5 nitrogen and oxygen atoms in total. The molecular formula is C13H15Cl2NO4S. The molecule has 1 fully saturated rings. The Morgan fingerprint density at radius 1 is 1.38 bits per heavy atom. The molecule has 1 amide bonds. The zero-order chi connectivity index (χ0) is 15.6. The summed E-state index contributed by atoms with van der Waals surface area (Å²) in [6.45, 7) is 0.319. The van der Waals surface area contributed by atoms with Gasteiger partial charge in [0.15, 0.2) is 15.6 Å². The molecule has 1 aliphatic heterocycles. The average Bonchev–Trinajstić information content (AvgIpc) is 2.75. The molecule has 0 saturated carbocycles. The highest BCUT2D eigenvalue weighted by Gasteiger charge is 2.28. The summed E-state index contributed by atoms with van der Waals surface area (Å²) < 4.78 is 27.7. The molecule has 1 aromatic rings. The van der Waals surface area contributed by atoms with E-state index in [1.807, 2.05) is 0 Å². The van der Waals surface area contributed by atoms with Gasteiger partial charge in [-0.05, 0) is 24.5 Å². The van der Waals surface area contributed by atoms with Crippen molar-refractivity contribution in [3.8, 4) is 5.75 Å². The van der Waals surface area contributed by atoms with Gasteiger partial charge >= 0.3 is 0 Å². The Hall–Kier alpha value is -0.980. The lowest BCUT2D eigenvalue weighted by Crippen LogP contribution is -2.29. The first-order valence-corrected chi connectivity index (χ1v) is 8.92. The van der Waals surface area contributed by atoms with Crippen molar-refractivity contribution in [2.45, 2.75) is 6.42 Å². The first-order valence-electron chi connectivity index (χ1n) is 6.34. The molecule has 0 radical (unpaired) electrons. The van der Waals surface area contributed by atoms with E-state index in [1.54, 1.807) is 0 Å². The van der Waals surface area contributed by atoms with Crippen LogP contribution in [0.25, 0.3) is 0 Å². The summed E-state index contributed by atoms with van der Waals surface area (Å²) in [6.07, 6.45) is 0.576. The minimum absolute atomic E-state index is 0.0388. The van der Waals surface area contributed by atoms with Gasteiger partial charge in [0.2, 0.25) is 0 Å². The zero-order valence-electron chi connectivity index (χ0n) is 11.4. The summed E-state index contributed by atoms with van der Waals surface area (Å²) in [5.41, 5.74) is 0.312. The van der Waals surface area contributed by atoms with Gasteiger partial charge < -0.3 is 10.1 Å². The molecular weight excluding hydrogens is 337 g/mol. The number of amides is 1. The Bertz CT molecular complexity index is 637. The fourth-order valence-electron chi connectivity index (χ4n) is 2.26. The van der Waals surface area contributed by atoms with E-state index in [9.17, 15) is 13.2 Å². The van der Waals surface area contributed by atoms with Crippen LogP contribution in [0.3, 0.4) is 0 Å². The molecule has 2 rings (SSSR count). The molecule has 0 aliphatic carbocycles. The topological polar surface area (TPSA) is 72.5 Å². The van der Waals surface area contributed by atoms with E-state index in [2.05, 4.69) is 5.32 Å². The molecule has 1 aromatic carbocycles. The smallest absolute Gasteiger partial charge is 0.251 e. The van der Waals surface area contributed by atoms with Crippen molar-refractivity contribution in [2.75, 3.05) is 25.2 Å². The number of benzene rings is 1. The van der Waals surface area contributed by atoms with E-state index in [-0.39, 0.29) is 33.4 Å². The Morgan fingerprint density at radius 2 is 2.00 bits per heavy atom. The van der Waals surface area contributed by atoms with E-state index < -0.39 is 9.84 Å². The molecule has 1 heterocycles. The standard InChI is InChI=1S/C13H15Cl2NO4S/c1-20-12-10(14)4-9(5-11(12)15)13(17)16-6-8-2-3-21(18,19)7-8/h4-5,8H,2-3,6-7H2,1H3,(H,16,17). The number of hydrogen-bond acceptors (Lipinski definition) is 4. The fraction of sp³-hybridized carbons (Fsp3) is 0.462. The van der Waals surface area contributed by atoms with Crippen LogP contribution in [0.2, 0.25) is 10.0 Å². The van der Waals surface area contributed by atoms with Crippen molar-refractivity contribution in [1.29, 1.82) is 0 Å². The second-order valence-corrected chi connectivity index (χ2v) is 8.00. The molecule has 0 bridgehead atoms. The molecule has 0 spiro atoms. The highest BCUT2D eigenvalue weighted by molar-refractivity contribution is 7.91.